The maximum absolute atomic E-state index is 13.3. The molecule has 3 amide bonds. The molecule has 3 N–H and O–H groups in total. The third kappa shape index (κ3) is 7.44. The molecule has 36 heavy (non-hydrogen) atoms. The molecule has 198 valence electrons. The van der Waals surface area contributed by atoms with Gasteiger partial charge in [0.15, 0.2) is 6.10 Å². The van der Waals surface area contributed by atoms with Crippen molar-refractivity contribution in [3.8, 4) is 0 Å². The summed E-state index contributed by atoms with van der Waals surface area (Å²) in [7, 11) is -0.709. The Balaban J connectivity index is 1.70. The largest absolute Gasteiger partial charge is 0.481 e. The van der Waals surface area contributed by atoms with Gasteiger partial charge in [-0.1, -0.05) is 30.3 Å². The van der Waals surface area contributed by atoms with E-state index < -0.39 is 42.4 Å². The first kappa shape index (κ1) is 28.0. The van der Waals surface area contributed by atoms with Crippen LogP contribution < -0.4 is 11.1 Å². The van der Waals surface area contributed by atoms with Crippen molar-refractivity contribution in [1.82, 2.24) is 10.2 Å². The van der Waals surface area contributed by atoms with Crippen LogP contribution in [0.25, 0.3) is 0 Å². The molecular formula is C25H38BN3O7. The fourth-order valence-electron chi connectivity index (χ4n) is 4.20. The lowest BCUT2D eigenvalue weighted by molar-refractivity contribution is -0.142. The first-order valence-corrected chi connectivity index (χ1v) is 12.5. The summed E-state index contributed by atoms with van der Waals surface area (Å²) in [5.41, 5.74) is 5.23. The predicted octanol–water partition coefficient (Wildman–Crippen LogP) is 1.84. The topological polar surface area (TPSA) is 129 Å². The molecule has 0 saturated carbocycles. The molecular weight excluding hydrogens is 465 g/mol. The van der Waals surface area contributed by atoms with Gasteiger partial charge in [0, 0.05) is 13.1 Å². The number of carbonyl (C=O) groups excluding carboxylic acids is 3. The van der Waals surface area contributed by atoms with Crippen molar-refractivity contribution in [3.63, 3.8) is 0 Å². The van der Waals surface area contributed by atoms with Crippen LogP contribution in [0, 0.1) is 0 Å². The number of hydrogen-bond acceptors (Lipinski definition) is 7. The minimum Gasteiger partial charge on any atom is -0.436 e. The van der Waals surface area contributed by atoms with E-state index in [9.17, 15) is 14.4 Å². The van der Waals surface area contributed by atoms with Crippen LogP contribution in [0.4, 0.5) is 4.79 Å². The number of benzene rings is 1. The van der Waals surface area contributed by atoms with E-state index in [1.54, 1.807) is 4.90 Å². The monoisotopic (exact) mass is 503 g/mol. The van der Waals surface area contributed by atoms with Gasteiger partial charge in [-0.25, -0.2) is 4.79 Å². The van der Waals surface area contributed by atoms with Crippen molar-refractivity contribution < 1.29 is 33.2 Å². The van der Waals surface area contributed by atoms with Gasteiger partial charge < -0.3 is 34.7 Å². The zero-order chi connectivity index (χ0) is 26.3. The lowest BCUT2D eigenvalue weighted by atomic mass is 9.75. The molecule has 0 spiro atoms. The van der Waals surface area contributed by atoms with Crippen LogP contribution in [0.3, 0.4) is 0 Å². The second-order valence-electron chi connectivity index (χ2n) is 10.2. The average Bonchev–Trinajstić information content (AvgIpc) is 3.05. The molecule has 2 aliphatic heterocycles. The fraction of sp³-hybridized carbons (Fsp3) is 0.640. The highest BCUT2D eigenvalue weighted by molar-refractivity contribution is 6.48. The first-order chi connectivity index (χ1) is 17.0. The summed E-state index contributed by atoms with van der Waals surface area (Å²) in [6.45, 7) is 9.44. The van der Waals surface area contributed by atoms with E-state index in [1.807, 2.05) is 45.9 Å². The molecule has 2 heterocycles. The van der Waals surface area contributed by atoms with Crippen LogP contribution >= 0.6 is 0 Å². The van der Waals surface area contributed by atoms with Gasteiger partial charge in [-0.05, 0) is 52.5 Å². The Morgan fingerprint density at radius 3 is 2.28 bits per heavy atom. The standard InChI is InChI=1S/C25H38BN3O7/c1-24(2)25(3,4)36-26(35-24)20(12-8-11-18-9-6-5-7-10-18)28-22(31)19(34-23(27)32)17-21(30)29-13-15-33-16-14-29/h5-7,9-10,19-20H,8,11-17H2,1-4H3,(H2,27,32)(H,28,31). The van der Waals surface area contributed by atoms with Crippen LogP contribution in [-0.2, 0) is 34.8 Å². The second-order valence-corrected chi connectivity index (χ2v) is 10.2. The van der Waals surface area contributed by atoms with Crippen LogP contribution in [0.5, 0.6) is 0 Å². The molecule has 10 nitrogen and oxygen atoms in total. The van der Waals surface area contributed by atoms with E-state index in [-0.39, 0.29) is 12.3 Å². The summed E-state index contributed by atoms with van der Waals surface area (Å²) in [5, 5.41) is 2.92. The number of nitrogens with two attached hydrogens (primary N) is 1. The zero-order valence-electron chi connectivity index (χ0n) is 21.7. The minimum absolute atomic E-state index is 0.309. The minimum atomic E-state index is -1.36. The highest BCUT2D eigenvalue weighted by Crippen LogP contribution is 2.38. The van der Waals surface area contributed by atoms with Crippen LogP contribution in [0.15, 0.2) is 30.3 Å². The van der Waals surface area contributed by atoms with Gasteiger partial charge in [0.2, 0.25) is 5.91 Å². The Morgan fingerprint density at radius 1 is 1.08 bits per heavy atom. The van der Waals surface area contributed by atoms with Crippen molar-refractivity contribution in [2.75, 3.05) is 26.3 Å². The number of hydrogen-bond donors (Lipinski definition) is 2. The van der Waals surface area contributed by atoms with Crippen LogP contribution in [0.1, 0.15) is 52.5 Å². The molecule has 1 aromatic carbocycles. The van der Waals surface area contributed by atoms with E-state index in [1.165, 1.54) is 5.56 Å². The third-order valence-electron chi connectivity index (χ3n) is 7.03. The number of nitrogens with zero attached hydrogens (tertiary/aromatic N) is 1. The number of carbonyl (C=O) groups is 3. The molecule has 3 rings (SSSR count). The van der Waals surface area contributed by atoms with Crippen molar-refractivity contribution in [2.45, 2.75) is 76.6 Å². The summed E-state index contributed by atoms with van der Waals surface area (Å²) < 4.78 is 22.7. The highest BCUT2D eigenvalue weighted by Gasteiger charge is 2.54. The number of amides is 3. The van der Waals surface area contributed by atoms with Crippen molar-refractivity contribution in [3.05, 3.63) is 35.9 Å². The lowest BCUT2D eigenvalue weighted by Crippen LogP contribution is -2.53. The summed E-state index contributed by atoms with van der Waals surface area (Å²) in [4.78, 5) is 39.1. The van der Waals surface area contributed by atoms with E-state index in [0.717, 1.165) is 12.8 Å². The van der Waals surface area contributed by atoms with Crippen molar-refractivity contribution in [2.24, 2.45) is 5.73 Å². The molecule has 2 atom stereocenters. The Bertz CT molecular complexity index is 890. The molecule has 2 aliphatic rings. The fourth-order valence-corrected chi connectivity index (χ4v) is 4.20. The van der Waals surface area contributed by atoms with Gasteiger partial charge in [0.25, 0.3) is 5.91 Å². The summed E-state index contributed by atoms with van der Waals surface area (Å²) in [6.07, 6.45) is -0.679. The number of rotatable bonds is 10. The molecule has 0 bridgehead atoms. The Hall–Kier alpha value is -2.63. The maximum atomic E-state index is 13.3. The van der Waals surface area contributed by atoms with Gasteiger partial charge in [-0.2, -0.15) is 0 Å². The summed E-state index contributed by atoms with van der Waals surface area (Å²) >= 11 is 0. The number of aryl methyl sites for hydroxylation is 1. The number of primary amides is 1. The maximum Gasteiger partial charge on any atom is 0.481 e. The SMILES string of the molecule is CC1(C)OB(C(CCCc2ccccc2)NC(=O)C(CC(=O)N2CCOCC2)OC(N)=O)OC1(C)C. The van der Waals surface area contributed by atoms with E-state index in [0.29, 0.717) is 32.7 Å². The van der Waals surface area contributed by atoms with E-state index >= 15 is 0 Å². The molecule has 2 saturated heterocycles. The Labute approximate surface area is 213 Å². The smallest absolute Gasteiger partial charge is 0.436 e. The van der Waals surface area contributed by atoms with Crippen molar-refractivity contribution >= 4 is 25.0 Å². The van der Waals surface area contributed by atoms with Gasteiger partial charge in [0.05, 0.1) is 36.8 Å². The lowest BCUT2D eigenvalue weighted by Gasteiger charge is -2.32. The number of ether oxygens (including phenoxy) is 2. The van der Waals surface area contributed by atoms with E-state index in [2.05, 4.69) is 17.4 Å². The second kappa shape index (κ2) is 12.1. The van der Waals surface area contributed by atoms with Gasteiger partial charge >= 0.3 is 13.2 Å². The van der Waals surface area contributed by atoms with Crippen LogP contribution in [-0.4, -0.2) is 79.5 Å². The molecule has 11 heteroatoms. The Kier molecular flexibility index (Phi) is 9.38. The van der Waals surface area contributed by atoms with E-state index in [4.69, 9.17) is 24.5 Å². The predicted molar refractivity (Wildman–Crippen MR) is 134 cm³/mol. The zero-order valence-corrected chi connectivity index (χ0v) is 21.7. The van der Waals surface area contributed by atoms with Gasteiger partial charge in [-0.15, -0.1) is 0 Å². The first-order valence-electron chi connectivity index (χ1n) is 12.5. The van der Waals surface area contributed by atoms with Gasteiger partial charge in [-0.3, -0.25) is 9.59 Å². The molecule has 0 aromatic heterocycles. The Morgan fingerprint density at radius 2 is 1.69 bits per heavy atom. The highest BCUT2D eigenvalue weighted by atomic mass is 16.7. The molecule has 0 radical (unpaired) electrons. The third-order valence-corrected chi connectivity index (χ3v) is 7.03. The summed E-state index contributed by atoms with van der Waals surface area (Å²) in [5.74, 6) is -1.45. The van der Waals surface area contributed by atoms with Crippen molar-refractivity contribution in [1.29, 1.82) is 0 Å². The normalized spacial score (nSPS) is 20.4. The average molecular weight is 503 g/mol. The van der Waals surface area contributed by atoms with Gasteiger partial charge in [0.1, 0.15) is 0 Å². The summed E-state index contributed by atoms with van der Waals surface area (Å²) in [6, 6.07) is 10.0. The number of nitrogens with one attached hydrogen (secondary N) is 1. The van der Waals surface area contributed by atoms with Crippen LogP contribution in [0.2, 0.25) is 0 Å². The molecule has 2 unspecified atom stereocenters. The molecule has 0 aliphatic carbocycles. The quantitative estimate of drug-likeness (QED) is 0.466. The molecule has 1 aromatic rings. The molecule has 2 fully saturated rings. The number of morpholine rings is 1.